The van der Waals surface area contributed by atoms with Gasteiger partial charge in [0.1, 0.15) is 22.8 Å². The predicted molar refractivity (Wildman–Crippen MR) is 94.1 cm³/mol. The van der Waals surface area contributed by atoms with Crippen LogP contribution in [0.3, 0.4) is 0 Å². The summed E-state index contributed by atoms with van der Waals surface area (Å²) in [6.45, 7) is 0. The molecule has 25 heavy (non-hydrogen) atoms. The third-order valence-electron chi connectivity index (χ3n) is 3.64. The van der Waals surface area contributed by atoms with E-state index in [4.69, 9.17) is 18.9 Å². The Labute approximate surface area is 146 Å². The molecule has 0 aliphatic carbocycles. The molecule has 2 aromatic rings. The second kappa shape index (κ2) is 8.10. The fourth-order valence-electron chi connectivity index (χ4n) is 2.44. The number of aromatic hydroxyl groups is 1. The van der Waals surface area contributed by atoms with Gasteiger partial charge in [0, 0.05) is 0 Å². The van der Waals surface area contributed by atoms with E-state index < -0.39 is 5.78 Å². The molecule has 0 radical (unpaired) electrons. The largest absolute Gasteiger partial charge is 0.507 e. The zero-order valence-electron chi connectivity index (χ0n) is 14.5. The van der Waals surface area contributed by atoms with Gasteiger partial charge in [-0.25, -0.2) is 0 Å². The van der Waals surface area contributed by atoms with Crippen LogP contribution >= 0.6 is 0 Å². The van der Waals surface area contributed by atoms with Gasteiger partial charge in [0.15, 0.2) is 17.3 Å². The van der Waals surface area contributed by atoms with Crippen molar-refractivity contribution >= 4 is 11.9 Å². The highest BCUT2D eigenvalue weighted by molar-refractivity contribution is 6.11. The maximum Gasteiger partial charge on any atom is 0.193 e. The topological polar surface area (TPSA) is 74.2 Å². The molecule has 0 bridgehead atoms. The van der Waals surface area contributed by atoms with Crippen LogP contribution < -0.4 is 18.9 Å². The average Bonchev–Trinajstić information content (AvgIpc) is 2.65. The standard InChI is InChI=1S/C19H20O6/c1-22-15-6-5-7-16(23-2)12(15)8-9-13(20)18-14(21)10-11-17(24-3)19(18)25-4/h5-11,21H,1-4H3. The normalized spacial score (nSPS) is 10.6. The van der Waals surface area contributed by atoms with E-state index in [-0.39, 0.29) is 17.1 Å². The van der Waals surface area contributed by atoms with E-state index in [2.05, 4.69) is 0 Å². The number of hydrogen-bond donors (Lipinski definition) is 1. The van der Waals surface area contributed by atoms with Crippen molar-refractivity contribution in [2.75, 3.05) is 28.4 Å². The molecular weight excluding hydrogens is 324 g/mol. The summed E-state index contributed by atoms with van der Waals surface area (Å²) < 4.78 is 21.0. The molecule has 0 unspecified atom stereocenters. The highest BCUT2D eigenvalue weighted by Gasteiger charge is 2.20. The van der Waals surface area contributed by atoms with Gasteiger partial charge >= 0.3 is 0 Å². The van der Waals surface area contributed by atoms with Gasteiger partial charge in [-0.15, -0.1) is 0 Å². The molecule has 0 atom stereocenters. The molecule has 2 aromatic carbocycles. The van der Waals surface area contributed by atoms with Crippen molar-refractivity contribution in [1.29, 1.82) is 0 Å². The fraction of sp³-hybridized carbons (Fsp3) is 0.211. The molecule has 0 fully saturated rings. The molecule has 0 aromatic heterocycles. The van der Waals surface area contributed by atoms with Crippen molar-refractivity contribution in [3.05, 3.63) is 47.5 Å². The van der Waals surface area contributed by atoms with E-state index in [9.17, 15) is 9.90 Å². The van der Waals surface area contributed by atoms with Crippen LogP contribution in [0.1, 0.15) is 15.9 Å². The zero-order chi connectivity index (χ0) is 18.4. The van der Waals surface area contributed by atoms with Gasteiger partial charge < -0.3 is 24.1 Å². The summed E-state index contributed by atoms with van der Waals surface area (Å²) in [5, 5.41) is 10.1. The van der Waals surface area contributed by atoms with E-state index in [1.807, 2.05) is 0 Å². The van der Waals surface area contributed by atoms with Gasteiger partial charge in [0.2, 0.25) is 0 Å². The van der Waals surface area contributed by atoms with Crippen LogP contribution in [-0.2, 0) is 0 Å². The number of hydrogen-bond acceptors (Lipinski definition) is 6. The Hall–Kier alpha value is -3.15. The number of carbonyl (C=O) groups excluding carboxylic acids is 1. The fourth-order valence-corrected chi connectivity index (χ4v) is 2.44. The highest BCUT2D eigenvalue weighted by atomic mass is 16.5. The number of phenolic OH excluding ortho intramolecular Hbond substituents is 1. The van der Waals surface area contributed by atoms with Gasteiger partial charge in [-0.1, -0.05) is 6.07 Å². The van der Waals surface area contributed by atoms with E-state index in [0.29, 0.717) is 22.8 Å². The Kier molecular flexibility index (Phi) is 5.89. The number of methoxy groups -OCH3 is 4. The summed E-state index contributed by atoms with van der Waals surface area (Å²) in [6.07, 6.45) is 2.88. The van der Waals surface area contributed by atoms with Crippen LogP contribution in [0.15, 0.2) is 36.4 Å². The Morgan fingerprint density at radius 1 is 0.880 bits per heavy atom. The van der Waals surface area contributed by atoms with Gasteiger partial charge in [-0.05, 0) is 36.4 Å². The summed E-state index contributed by atoms with van der Waals surface area (Å²) in [4.78, 5) is 12.6. The van der Waals surface area contributed by atoms with Crippen LogP contribution in [0, 0.1) is 0 Å². The summed E-state index contributed by atoms with van der Waals surface area (Å²) in [5.41, 5.74) is 0.633. The average molecular weight is 344 g/mol. The van der Waals surface area contributed by atoms with Crippen LogP contribution in [0.5, 0.6) is 28.7 Å². The minimum absolute atomic E-state index is 0.0203. The van der Waals surface area contributed by atoms with Crippen molar-refractivity contribution in [1.82, 2.24) is 0 Å². The molecule has 132 valence electrons. The second-order valence-corrected chi connectivity index (χ2v) is 4.97. The first-order valence-electron chi connectivity index (χ1n) is 7.44. The summed E-state index contributed by atoms with van der Waals surface area (Å²) in [5.74, 6) is 1.01. The number of ether oxygens (including phenoxy) is 4. The highest BCUT2D eigenvalue weighted by Crippen LogP contribution is 2.37. The predicted octanol–water partition coefficient (Wildman–Crippen LogP) is 3.32. The van der Waals surface area contributed by atoms with Crippen LogP contribution in [0.4, 0.5) is 0 Å². The van der Waals surface area contributed by atoms with Gasteiger partial charge in [0.25, 0.3) is 0 Å². The molecular formula is C19H20O6. The van der Waals surface area contributed by atoms with Gasteiger partial charge in [-0.3, -0.25) is 4.79 Å². The number of rotatable bonds is 7. The van der Waals surface area contributed by atoms with E-state index in [1.54, 1.807) is 24.3 Å². The third-order valence-corrected chi connectivity index (χ3v) is 3.64. The van der Waals surface area contributed by atoms with Crippen molar-refractivity contribution < 1.29 is 28.8 Å². The number of benzene rings is 2. The molecule has 2 rings (SSSR count). The maximum absolute atomic E-state index is 12.6. The summed E-state index contributed by atoms with van der Waals surface area (Å²) >= 11 is 0. The minimum Gasteiger partial charge on any atom is -0.507 e. The first-order valence-corrected chi connectivity index (χ1v) is 7.44. The Morgan fingerprint density at radius 3 is 2.00 bits per heavy atom. The van der Waals surface area contributed by atoms with Crippen molar-refractivity contribution in [2.45, 2.75) is 0 Å². The molecule has 0 aliphatic heterocycles. The molecule has 0 spiro atoms. The molecule has 6 heteroatoms. The third kappa shape index (κ3) is 3.68. The molecule has 0 heterocycles. The van der Waals surface area contributed by atoms with Crippen molar-refractivity contribution in [3.63, 3.8) is 0 Å². The number of carbonyl (C=O) groups is 1. The Morgan fingerprint density at radius 2 is 1.48 bits per heavy atom. The lowest BCUT2D eigenvalue weighted by Crippen LogP contribution is -2.02. The molecule has 6 nitrogen and oxygen atoms in total. The number of ketones is 1. The quantitative estimate of drug-likeness (QED) is 0.613. The zero-order valence-corrected chi connectivity index (χ0v) is 14.5. The van der Waals surface area contributed by atoms with Gasteiger partial charge in [0.05, 0.1) is 34.0 Å². The lowest BCUT2D eigenvalue weighted by molar-refractivity contribution is 0.104. The summed E-state index contributed by atoms with van der Waals surface area (Å²) in [6, 6.07) is 8.21. The first-order chi connectivity index (χ1) is 12.1. The molecule has 1 N–H and O–H groups in total. The van der Waals surface area contributed by atoms with Crippen LogP contribution in [-0.4, -0.2) is 39.3 Å². The Bertz CT molecular complexity index is 772. The van der Waals surface area contributed by atoms with E-state index in [0.717, 1.165) is 0 Å². The lowest BCUT2D eigenvalue weighted by atomic mass is 10.1. The van der Waals surface area contributed by atoms with Crippen LogP contribution in [0.2, 0.25) is 0 Å². The van der Waals surface area contributed by atoms with Gasteiger partial charge in [-0.2, -0.15) is 0 Å². The smallest absolute Gasteiger partial charge is 0.193 e. The number of phenols is 1. The molecule has 0 saturated carbocycles. The molecule has 0 aliphatic rings. The molecule has 0 saturated heterocycles. The minimum atomic E-state index is -0.443. The lowest BCUT2D eigenvalue weighted by Gasteiger charge is -2.12. The summed E-state index contributed by atoms with van der Waals surface area (Å²) in [7, 11) is 5.93. The number of allylic oxidation sites excluding steroid dienone is 1. The van der Waals surface area contributed by atoms with Crippen LogP contribution in [0.25, 0.3) is 6.08 Å². The van der Waals surface area contributed by atoms with Crippen molar-refractivity contribution in [2.24, 2.45) is 0 Å². The Balaban J connectivity index is 2.46. The SMILES string of the molecule is COc1cccc(OC)c1C=CC(=O)c1c(O)ccc(OC)c1OC. The second-order valence-electron chi connectivity index (χ2n) is 4.97. The first kappa shape index (κ1) is 18.2. The molecule has 0 amide bonds. The van der Waals surface area contributed by atoms with Crippen molar-refractivity contribution in [3.8, 4) is 28.7 Å². The maximum atomic E-state index is 12.6. The monoisotopic (exact) mass is 344 g/mol. The van der Waals surface area contributed by atoms with E-state index in [1.165, 1.54) is 46.6 Å². The van der Waals surface area contributed by atoms with E-state index >= 15 is 0 Å².